The molecule has 1 aromatic heterocycles. The Labute approximate surface area is 180 Å². The number of carboxylic acids is 1. The maximum atomic E-state index is 14.0. The fourth-order valence-electron chi connectivity index (χ4n) is 3.12. The molecule has 7 nitrogen and oxygen atoms in total. The molecule has 0 aliphatic rings. The van der Waals surface area contributed by atoms with Crippen LogP contribution in [0.2, 0.25) is 0 Å². The van der Waals surface area contributed by atoms with Gasteiger partial charge in [-0.2, -0.15) is 0 Å². The summed E-state index contributed by atoms with van der Waals surface area (Å²) in [7, 11) is 3.56. The van der Waals surface area contributed by atoms with Crippen molar-refractivity contribution in [3.05, 3.63) is 80.9 Å². The van der Waals surface area contributed by atoms with E-state index in [4.69, 9.17) is 0 Å². The van der Waals surface area contributed by atoms with Crippen LogP contribution < -0.4 is 5.32 Å². The third kappa shape index (κ3) is 4.86. The molecule has 0 aliphatic heterocycles. The molecule has 3 rings (SSSR count). The van der Waals surface area contributed by atoms with Gasteiger partial charge in [-0.1, -0.05) is 6.07 Å². The Bertz CT molecular complexity index is 1110. The summed E-state index contributed by atoms with van der Waals surface area (Å²) in [6.07, 6.45) is 0. The number of non-ortho nitro benzene ring substituents is 1. The molecule has 162 valence electrons. The molecule has 0 saturated carbocycles. The van der Waals surface area contributed by atoms with Crippen molar-refractivity contribution in [1.82, 2.24) is 4.90 Å². The minimum atomic E-state index is -1.18. The van der Waals surface area contributed by atoms with Crippen molar-refractivity contribution in [1.29, 1.82) is 0 Å². The van der Waals surface area contributed by atoms with Crippen molar-refractivity contribution in [2.45, 2.75) is 13.1 Å². The Balaban J connectivity index is 2.06. The Morgan fingerprint density at radius 1 is 1.13 bits per heavy atom. The molecule has 0 radical (unpaired) electrons. The number of nitrogens with one attached hydrogen (secondary N) is 1. The average Bonchev–Trinajstić information content (AvgIpc) is 3.05. The predicted octanol–water partition coefficient (Wildman–Crippen LogP) is 4.97. The minimum Gasteiger partial charge on any atom is -0.478 e. The first-order valence-corrected chi connectivity index (χ1v) is 9.96. The van der Waals surface area contributed by atoms with Gasteiger partial charge in [-0.05, 0) is 43.9 Å². The van der Waals surface area contributed by atoms with Crippen LogP contribution in [0.5, 0.6) is 0 Å². The molecule has 1 heterocycles. The van der Waals surface area contributed by atoms with Gasteiger partial charge in [0.2, 0.25) is 0 Å². The second-order valence-corrected chi connectivity index (χ2v) is 8.04. The summed E-state index contributed by atoms with van der Waals surface area (Å²) in [4.78, 5) is 24.9. The summed E-state index contributed by atoms with van der Waals surface area (Å²) in [6, 6.07) is 9.31. The van der Waals surface area contributed by atoms with Crippen molar-refractivity contribution in [2.24, 2.45) is 0 Å². The zero-order chi connectivity index (χ0) is 22.7. The van der Waals surface area contributed by atoms with Crippen LogP contribution in [0.25, 0.3) is 10.4 Å². The van der Waals surface area contributed by atoms with Gasteiger partial charge < -0.3 is 15.3 Å². The Morgan fingerprint density at radius 2 is 1.74 bits per heavy atom. The molecule has 31 heavy (non-hydrogen) atoms. The smallest absolute Gasteiger partial charge is 0.339 e. The van der Waals surface area contributed by atoms with Crippen molar-refractivity contribution in [2.75, 3.05) is 19.4 Å². The zero-order valence-corrected chi connectivity index (χ0v) is 17.5. The van der Waals surface area contributed by atoms with Crippen LogP contribution in [0.1, 0.15) is 21.5 Å². The molecule has 2 N–H and O–H groups in total. The maximum Gasteiger partial charge on any atom is 0.339 e. The van der Waals surface area contributed by atoms with E-state index >= 15 is 0 Å². The summed E-state index contributed by atoms with van der Waals surface area (Å²) in [5, 5.41) is 23.9. The number of thiophene rings is 1. The third-order valence-electron chi connectivity index (χ3n) is 4.52. The van der Waals surface area contributed by atoms with E-state index in [1.54, 1.807) is 31.1 Å². The lowest BCUT2D eigenvalue weighted by molar-refractivity contribution is -0.384. The number of nitrogens with zero attached hydrogens (tertiary/aromatic N) is 2. The quantitative estimate of drug-likeness (QED) is 0.374. The molecule has 0 bridgehead atoms. The highest BCUT2D eigenvalue weighted by Crippen LogP contribution is 2.41. The number of carboxylic acid groups (broad SMARTS) is 1. The van der Waals surface area contributed by atoms with Gasteiger partial charge in [-0.15, -0.1) is 11.3 Å². The van der Waals surface area contributed by atoms with Crippen LogP contribution in [0.3, 0.4) is 0 Å². The summed E-state index contributed by atoms with van der Waals surface area (Å²) in [5.41, 5.74) is 0.844. The largest absolute Gasteiger partial charge is 0.478 e. The summed E-state index contributed by atoms with van der Waals surface area (Å²) in [5.74, 6) is -2.65. The van der Waals surface area contributed by atoms with Gasteiger partial charge in [0.15, 0.2) is 0 Å². The summed E-state index contributed by atoms with van der Waals surface area (Å²) < 4.78 is 28.0. The first kappa shape index (κ1) is 22.3. The second-order valence-electron chi connectivity index (χ2n) is 7.01. The number of nitro groups is 1. The van der Waals surface area contributed by atoms with Crippen LogP contribution in [0.4, 0.5) is 19.5 Å². The number of anilines is 1. The molecule has 0 fully saturated rings. The lowest BCUT2D eigenvalue weighted by Crippen LogP contribution is -2.14. The number of nitro benzene ring substituents is 1. The molecule has 0 saturated heterocycles. The highest BCUT2D eigenvalue weighted by molar-refractivity contribution is 7.20. The van der Waals surface area contributed by atoms with Crippen molar-refractivity contribution >= 4 is 28.0 Å². The fourth-order valence-corrected chi connectivity index (χ4v) is 4.33. The number of rotatable bonds is 8. The van der Waals surface area contributed by atoms with Crippen LogP contribution in [0.15, 0.2) is 42.5 Å². The van der Waals surface area contributed by atoms with Crippen molar-refractivity contribution in [3.63, 3.8) is 0 Å². The second kappa shape index (κ2) is 9.19. The number of benzene rings is 2. The van der Waals surface area contributed by atoms with E-state index in [9.17, 15) is 28.8 Å². The third-order valence-corrected chi connectivity index (χ3v) is 5.76. The fraction of sp³-hybridized carbons (Fsp3) is 0.190. The van der Waals surface area contributed by atoms with E-state index in [-0.39, 0.29) is 28.4 Å². The number of hydrogen-bond donors (Lipinski definition) is 2. The summed E-state index contributed by atoms with van der Waals surface area (Å²) >= 11 is 1.12. The molecule has 0 aliphatic carbocycles. The molecule has 3 aromatic rings. The topological polar surface area (TPSA) is 95.7 Å². The number of carbonyl (C=O) groups is 1. The minimum absolute atomic E-state index is 0.00352. The van der Waals surface area contributed by atoms with Crippen LogP contribution in [0, 0.1) is 21.7 Å². The summed E-state index contributed by atoms with van der Waals surface area (Å²) in [6.45, 7) is 0.0561. The van der Waals surface area contributed by atoms with Crippen LogP contribution >= 0.6 is 11.3 Å². The van der Waals surface area contributed by atoms with E-state index in [1.807, 2.05) is 0 Å². The van der Waals surface area contributed by atoms with Gasteiger partial charge in [0.25, 0.3) is 5.69 Å². The molecule has 0 atom stereocenters. The van der Waals surface area contributed by atoms with Gasteiger partial charge in [0.1, 0.15) is 16.6 Å². The van der Waals surface area contributed by atoms with E-state index < -0.39 is 22.5 Å². The average molecular weight is 447 g/mol. The molecule has 0 amide bonds. The van der Waals surface area contributed by atoms with Gasteiger partial charge >= 0.3 is 5.97 Å². The number of hydrogen-bond acceptors (Lipinski definition) is 6. The Morgan fingerprint density at radius 3 is 2.26 bits per heavy atom. The van der Waals surface area contributed by atoms with Gasteiger partial charge in [0.05, 0.1) is 10.5 Å². The van der Waals surface area contributed by atoms with Gasteiger partial charge in [-0.25, -0.2) is 13.6 Å². The normalized spacial score (nSPS) is 11.0. The lowest BCUT2D eigenvalue weighted by atomic mass is 10.0. The molecule has 10 heteroatoms. The Hall–Kier alpha value is -3.37. The highest BCUT2D eigenvalue weighted by Gasteiger charge is 2.25. The predicted molar refractivity (Wildman–Crippen MR) is 114 cm³/mol. The van der Waals surface area contributed by atoms with E-state index in [1.165, 1.54) is 18.2 Å². The van der Waals surface area contributed by atoms with Gasteiger partial charge in [0, 0.05) is 41.2 Å². The molecule has 0 spiro atoms. The van der Waals surface area contributed by atoms with Crippen LogP contribution in [-0.2, 0) is 13.1 Å². The Kier molecular flexibility index (Phi) is 6.62. The van der Waals surface area contributed by atoms with E-state index in [0.29, 0.717) is 22.5 Å². The van der Waals surface area contributed by atoms with E-state index in [2.05, 4.69) is 5.32 Å². The zero-order valence-electron chi connectivity index (χ0n) is 16.7. The molecule has 2 aromatic carbocycles. The van der Waals surface area contributed by atoms with Crippen molar-refractivity contribution < 1.29 is 23.6 Å². The standard InChI is InChI=1S/C21H19F2N3O4S/c1-25(2)11-15-18(21(27)28)20(24-10-14-16(22)4-3-5-17(14)23)31-19(15)12-6-8-13(9-7-12)26(29)30/h3-9,24H,10-11H2,1-2H3,(H,27,28). The van der Waals surface area contributed by atoms with Crippen LogP contribution in [-0.4, -0.2) is 35.0 Å². The molecular weight excluding hydrogens is 428 g/mol. The lowest BCUT2D eigenvalue weighted by Gasteiger charge is -2.12. The highest BCUT2D eigenvalue weighted by atomic mass is 32.1. The first-order valence-electron chi connectivity index (χ1n) is 9.14. The number of aromatic carboxylic acids is 1. The first-order chi connectivity index (χ1) is 14.7. The monoisotopic (exact) mass is 447 g/mol. The van der Waals surface area contributed by atoms with Gasteiger partial charge in [-0.3, -0.25) is 10.1 Å². The SMILES string of the molecule is CN(C)Cc1c(-c2ccc([N+](=O)[O-])cc2)sc(NCc2c(F)cccc2F)c1C(=O)O. The molecular formula is C21H19F2N3O4S. The van der Waals surface area contributed by atoms with E-state index in [0.717, 1.165) is 23.5 Å². The molecule has 0 unspecified atom stereocenters. The number of halogens is 2. The van der Waals surface area contributed by atoms with Crippen molar-refractivity contribution in [3.8, 4) is 10.4 Å². The maximum absolute atomic E-state index is 14.0.